The van der Waals surface area contributed by atoms with Crippen LogP contribution in [-0.2, 0) is 14.3 Å². The van der Waals surface area contributed by atoms with Gasteiger partial charge in [-0.1, -0.05) is 0 Å². The number of ether oxygens (including phenoxy) is 2. The van der Waals surface area contributed by atoms with Crippen molar-refractivity contribution in [3.05, 3.63) is 0 Å². The van der Waals surface area contributed by atoms with Crippen molar-refractivity contribution in [3.8, 4) is 0 Å². The maximum atomic E-state index is 10.7. The van der Waals surface area contributed by atoms with Crippen molar-refractivity contribution >= 4 is 5.97 Å². The Kier molecular flexibility index (Phi) is 3.27. The van der Waals surface area contributed by atoms with E-state index < -0.39 is 0 Å². The van der Waals surface area contributed by atoms with Gasteiger partial charge in [-0.05, 0) is 6.92 Å². The van der Waals surface area contributed by atoms with Gasteiger partial charge in [-0.15, -0.1) is 0 Å². The van der Waals surface area contributed by atoms with E-state index in [1.54, 1.807) is 0 Å². The highest BCUT2D eigenvalue weighted by Gasteiger charge is 2.32. The first kappa shape index (κ1) is 10.5. The van der Waals surface area contributed by atoms with E-state index >= 15 is 0 Å². The summed E-state index contributed by atoms with van der Waals surface area (Å²) in [7, 11) is 2.15. The van der Waals surface area contributed by atoms with Gasteiger partial charge in [-0.2, -0.15) is 0 Å². The molecule has 1 aliphatic heterocycles. The molecule has 4 heteroatoms. The summed E-state index contributed by atoms with van der Waals surface area (Å²) in [5.41, 5.74) is 0. The number of carbonyl (C=O) groups is 1. The van der Waals surface area contributed by atoms with Crippen molar-refractivity contribution in [2.75, 3.05) is 33.3 Å². The average molecular weight is 188 g/mol. The normalized spacial score (nSPS) is 34.2. The van der Waals surface area contributed by atoms with Gasteiger partial charge in [0.1, 0.15) is 19.7 Å². The summed E-state index contributed by atoms with van der Waals surface area (Å²) in [5.74, 6) is -0.269. The molecule has 4 nitrogen and oxygen atoms in total. The van der Waals surface area contributed by atoms with Gasteiger partial charge in [0.2, 0.25) is 0 Å². The predicted octanol–water partition coefficient (Wildman–Crippen LogP) is 0.372. The lowest BCUT2D eigenvalue weighted by molar-refractivity contribution is -0.921. The van der Waals surface area contributed by atoms with Crippen LogP contribution in [0.3, 0.4) is 0 Å². The fourth-order valence-electron chi connectivity index (χ4n) is 1.45. The van der Waals surface area contributed by atoms with Crippen molar-refractivity contribution in [3.63, 3.8) is 0 Å². The minimum atomic E-state index is -0.351. The van der Waals surface area contributed by atoms with Crippen LogP contribution in [0.2, 0.25) is 0 Å². The highest BCUT2D eigenvalue weighted by Crippen LogP contribution is 2.13. The van der Waals surface area contributed by atoms with Gasteiger partial charge in [-0.3, -0.25) is 4.79 Å². The summed E-state index contributed by atoms with van der Waals surface area (Å²) in [6, 6.07) is 0. The molecule has 0 aromatic carbocycles. The molecule has 1 rings (SSSR count). The fourth-order valence-corrected chi connectivity index (χ4v) is 1.45. The standard InChI is InChI=1S/C9H18NO3/c1-4-10(3)5-6-12-9(7-10)13-8(2)11/h9H,4-7H2,1-3H3/q+1. The molecule has 0 saturated carbocycles. The first-order valence-corrected chi connectivity index (χ1v) is 4.68. The first-order chi connectivity index (χ1) is 6.06. The molecule has 0 aliphatic carbocycles. The van der Waals surface area contributed by atoms with Crippen molar-refractivity contribution in [1.29, 1.82) is 0 Å². The lowest BCUT2D eigenvalue weighted by atomic mass is 10.3. The second-order valence-electron chi connectivity index (χ2n) is 3.75. The molecule has 1 saturated heterocycles. The summed E-state index contributed by atoms with van der Waals surface area (Å²) in [4.78, 5) is 10.7. The Morgan fingerprint density at radius 1 is 1.69 bits per heavy atom. The molecular formula is C9H18NO3+. The molecule has 2 unspecified atom stereocenters. The van der Waals surface area contributed by atoms with Crippen LogP contribution in [0.25, 0.3) is 0 Å². The monoisotopic (exact) mass is 188 g/mol. The minimum absolute atomic E-state index is 0.269. The Labute approximate surface area is 79.0 Å². The third kappa shape index (κ3) is 2.97. The van der Waals surface area contributed by atoms with E-state index in [4.69, 9.17) is 9.47 Å². The van der Waals surface area contributed by atoms with Gasteiger partial charge in [-0.25, -0.2) is 0 Å². The van der Waals surface area contributed by atoms with Crippen LogP contribution in [0.4, 0.5) is 0 Å². The van der Waals surface area contributed by atoms with Gasteiger partial charge < -0.3 is 14.0 Å². The van der Waals surface area contributed by atoms with Crippen LogP contribution in [0.1, 0.15) is 13.8 Å². The van der Waals surface area contributed by atoms with E-state index in [0.717, 1.165) is 24.1 Å². The first-order valence-electron chi connectivity index (χ1n) is 4.68. The summed E-state index contributed by atoms with van der Waals surface area (Å²) in [6.07, 6.45) is -0.351. The molecule has 0 radical (unpaired) electrons. The van der Waals surface area contributed by atoms with Gasteiger partial charge >= 0.3 is 5.97 Å². The molecule has 0 spiro atoms. The smallest absolute Gasteiger partial charge is 0.305 e. The number of hydrogen-bond donors (Lipinski definition) is 0. The van der Waals surface area contributed by atoms with Gasteiger partial charge in [0, 0.05) is 6.92 Å². The third-order valence-corrected chi connectivity index (χ3v) is 2.59. The highest BCUT2D eigenvalue weighted by molar-refractivity contribution is 5.66. The summed E-state index contributed by atoms with van der Waals surface area (Å²) in [5, 5.41) is 0. The molecule has 0 amide bonds. The van der Waals surface area contributed by atoms with E-state index in [0.29, 0.717) is 6.61 Å². The van der Waals surface area contributed by atoms with Crippen molar-refractivity contribution in [1.82, 2.24) is 0 Å². The van der Waals surface area contributed by atoms with Crippen LogP contribution < -0.4 is 0 Å². The van der Waals surface area contributed by atoms with E-state index in [1.807, 2.05) is 0 Å². The zero-order valence-electron chi connectivity index (χ0n) is 8.58. The summed E-state index contributed by atoms with van der Waals surface area (Å²) < 4.78 is 11.3. The molecule has 0 aromatic rings. The largest absolute Gasteiger partial charge is 0.430 e. The molecule has 0 N–H and O–H groups in total. The number of carbonyl (C=O) groups excluding carboxylic acids is 1. The summed E-state index contributed by atoms with van der Waals surface area (Å²) >= 11 is 0. The number of quaternary nitrogens is 1. The lowest BCUT2D eigenvalue weighted by Gasteiger charge is -2.39. The van der Waals surface area contributed by atoms with Crippen molar-refractivity contribution < 1.29 is 18.8 Å². The van der Waals surface area contributed by atoms with E-state index in [1.165, 1.54) is 6.92 Å². The number of morpholine rings is 1. The molecule has 1 aliphatic rings. The van der Waals surface area contributed by atoms with E-state index in [9.17, 15) is 4.79 Å². The fraction of sp³-hybridized carbons (Fsp3) is 0.889. The predicted molar refractivity (Wildman–Crippen MR) is 48.0 cm³/mol. The molecule has 0 bridgehead atoms. The Balaban J connectivity index is 2.46. The quantitative estimate of drug-likeness (QED) is 0.464. The topological polar surface area (TPSA) is 35.5 Å². The summed E-state index contributed by atoms with van der Waals surface area (Å²) in [6.45, 7) is 7.01. The number of nitrogens with zero attached hydrogens (tertiary/aromatic N) is 1. The van der Waals surface area contributed by atoms with E-state index in [-0.39, 0.29) is 12.3 Å². The molecule has 1 fully saturated rings. The van der Waals surface area contributed by atoms with Crippen LogP contribution in [0.5, 0.6) is 0 Å². The third-order valence-electron chi connectivity index (χ3n) is 2.59. The molecule has 76 valence electrons. The second-order valence-corrected chi connectivity index (χ2v) is 3.75. The SMILES string of the molecule is CC[N+]1(C)CCOC(OC(C)=O)C1. The lowest BCUT2D eigenvalue weighted by Crippen LogP contribution is -2.56. The Bertz CT molecular complexity index is 195. The molecule has 2 atom stereocenters. The van der Waals surface area contributed by atoms with Crippen LogP contribution in [-0.4, -0.2) is 50.0 Å². The van der Waals surface area contributed by atoms with Crippen LogP contribution >= 0.6 is 0 Å². The number of esters is 1. The Hall–Kier alpha value is -0.610. The number of hydrogen-bond acceptors (Lipinski definition) is 3. The molecule has 13 heavy (non-hydrogen) atoms. The number of rotatable bonds is 2. The Morgan fingerprint density at radius 2 is 2.38 bits per heavy atom. The van der Waals surface area contributed by atoms with Crippen molar-refractivity contribution in [2.45, 2.75) is 20.1 Å². The minimum Gasteiger partial charge on any atom is -0.430 e. The number of likely N-dealkylation sites (N-methyl/N-ethyl adjacent to an activating group) is 1. The zero-order chi connectivity index (χ0) is 9.90. The van der Waals surface area contributed by atoms with Crippen LogP contribution in [0.15, 0.2) is 0 Å². The van der Waals surface area contributed by atoms with Gasteiger partial charge in [0.05, 0.1) is 13.6 Å². The zero-order valence-corrected chi connectivity index (χ0v) is 8.58. The average Bonchev–Trinajstić information content (AvgIpc) is 2.03. The molecular weight excluding hydrogens is 170 g/mol. The molecule has 1 heterocycles. The Morgan fingerprint density at radius 3 is 2.92 bits per heavy atom. The van der Waals surface area contributed by atoms with Crippen LogP contribution in [0, 0.1) is 0 Å². The second kappa shape index (κ2) is 4.07. The van der Waals surface area contributed by atoms with E-state index in [2.05, 4.69) is 14.0 Å². The van der Waals surface area contributed by atoms with Gasteiger partial charge in [0.25, 0.3) is 6.29 Å². The maximum absolute atomic E-state index is 10.7. The maximum Gasteiger partial charge on any atom is 0.305 e. The van der Waals surface area contributed by atoms with Crippen molar-refractivity contribution in [2.24, 2.45) is 0 Å². The van der Waals surface area contributed by atoms with Gasteiger partial charge in [0.15, 0.2) is 0 Å². The molecule has 0 aromatic heterocycles. The highest BCUT2D eigenvalue weighted by atomic mass is 16.7.